The summed E-state index contributed by atoms with van der Waals surface area (Å²) in [5.74, 6) is 2.83. The highest BCUT2D eigenvalue weighted by Gasteiger charge is 2.24. The van der Waals surface area contributed by atoms with Crippen molar-refractivity contribution < 1.29 is 14.2 Å². The summed E-state index contributed by atoms with van der Waals surface area (Å²) in [7, 11) is 3.14. The minimum Gasteiger partial charge on any atom is -0.494 e. The molecule has 10 nitrogen and oxygen atoms in total. The topological polar surface area (TPSA) is 107 Å². The van der Waals surface area contributed by atoms with Gasteiger partial charge in [0.1, 0.15) is 11.5 Å². The van der Waals surface area contributed by atoms with Gasteiger partial charge in [0.25, 0.3) is 0 Å². The molecule has 0 aliphatic carbocycles. The van der Waals surface area contributed by atoms with Crippen LogP contribution in [0.25, 0.3) is 11.4 Å². The molecule has 0 amide bonds. The minimum atomic E-state index is 0.120. The van der Waals surface area contributed by atoms with Crippen molar-refractivity contribution in [1.29, 1.82) is 0 Å². The number of aromatic nitrogens is 5. The van der Waals surface area contributed by atoms with Gasteiger partial charge in [0.05, 0.1) is 38.8 Å². The first-order valence-corrected chi connectivity index (χ1v) is 9.96. The fourth-order valence-corrected chi connectivity index (χ4v) is 3.45. The summed E-state index contributed by atoms with van der Waals surface area (Å²) in [5.41, 5.74) is 1.38. The number of anilines is 3. The highest BCUT2D eigenvalue weighted by molar-refractivity contribution is 5.69. The zero-order chi connectivity index (χ0) is 21.8. The zero-order valence-electron chi connectivity index (χ0n) is 17.9. The summed E-state index contributed by atoms with van der Waals surface area (Å²) in [6.45, 7) is 5.58. The molecule has 1 N–H and O–H groups in total. The molecule has 0 radical (unpaired) electrons. The van der Waals surface area contributed by atoms with E-state index in [0.717, 1.165) is 18.7 Å². The number of methoxy groups -OCH3 is 2. The Labute approximate surface area is 180 Å². The molecule has 1 fully saturated rings. The molecular formula is C21H25N7O3. The Hall–Kier alpha value is -3.53. The number of ether oxygens (including phenoxy) is 3. The molecular weight excluding hydrogens is 398 g/mol. The van der Waals surface area contributed by atoms with Gasteiger partial charge in [0, 0.05) is 31.0 Å². The van der Waals surface area contributed by atoms with Gasteiger partial charge in [-0.15, -0.1) is 0 Å². The summed E-state index contributed by atoms with van der Waals surface area (Å²) >= 11 is 0. The van der Waals surface area contributed by atoms with Crippen molar-refractivity contribution in [3.05, 3.63) is 36.9 Å². The first kappa shape index (κ1) is 20.7. The van der Waals surface area contributed by atoms with Crippen molar-refractivity contribution in [1.82, 2.24) is 24.9 Å². The van der Waals surface area contributed by atoms with Crippen LogP contribution in [0.2, 0.25) is 0 Å². The monoisotopic (exact) mass is 423 g/mol. The summed E-state index contributed by atoms with van der Waals surface area (Å²) in [6, 6.07) is 3.67. The number of nitrogens with one attached hydrogen (secondary N) is 1. The van der Waals surface area contributed by atoms with Crippen molar-refractivity contribution in [3.63, 3.8) is 0 Å². The van der Waals surface area contributed by atoms with Crippen LogP contribution < -0.4 is 19.7 Å². The lowest BCUT2D eigenvalue weighted by molar-refractivity contribution is -0.00571. The van der Waals surface area contributed by atoms with Crippen molar-refractivity contribution in [2.24, 2.45) is 0 Å². The van der Waals surface area contributed by atoms with Gasteiger partial charge in [-0.2, -0.15) is 4.98 Å². The Morgan fingerprint density at radius 3 is 2.42 bits per heavy atom. The Kier molecular flexibility index (Phi) is 6.08. The van der Waals surface area contributed by atoms with E-state index in [1.165, 1.54) is 0 Å². The molecule has 0 saturated carbocycles. The second-order valence-electron chi connectivity index (χ2n) is 7.26. The number of nitrogens with zero attached hydrogens (tertiary/aromatic N) is 6. The average molecular weight is 423 g/mol. The average Bonchev–Trinajstić information content (AvgIpc) is 2.79. The molecule has 1 saturated heterocycles. The van der Waals surface area contributed by atoms with Crippen LogP contribution in [0.4, 0.5) is 17.5 Å². The maximum absolute atomic E-state index is 5.81. The molecule has 0 bridgehead atoms. The van der Waals surface area contributed by atoms with Crippen molar-refractivity contribution in [3.8, 4) is 23.0 Å². The quantitative estimate of drug-likeness (QED) is 0.636. The van der Waals surface area contributed by atoms with Gasteiger partial charge in [0.15, 0.2) is 11.6 Å². The van der Waals surface area contributed by atoms with E-state index in [2.05, 4.69) is 35.1 Å². The van der Waals surface area contributed by atoms with E-state index in [-0.39, 0.29) is 12.2 Å². The largest absolute Gasteiger partial charge is 0.494 e. The molecule has 2 atom stereocenters. The van der Waals surface area contributed by atoms with Crippen molar-refractivity contribution >= 4 is 17.5 Å². The van der Waals surface area contributed by atoms with Crippen molar-refractivity contribution in [2.45, 2.75) is 26.1 Å². The lowest BCUT2D eigenvalue weighted by Gasteiger charge is -2.35. The molecule has 4 rings (SSSR count). The Bertz CT molecular complexity index is 1020. The number of pyridine rings is 1. The van der Waals surface area contributed by atoms with E-state index in [1.807, 2.05) is 19.9 Å². The first-order valence-electron chi connectivity index (χ1n) is 9.96. The maximum atomic E-state index is 5.81. The SMILES string of the molecule is COc1cnc(-c2cnc(OC)c(Nc3ccnc(N4C[C@@H](C)O[C@@H](C)C4)n3)c2)nc1. The normalized spacial score (nSPS) is 18.5. The van der Waals surface area contributed by atoms with Gasteiger partial charge < -0.3 is 24.4 Å². The zero-order valence-corrected chi connectivity index (χ0v) is 17.9. The molecule has 0 unspecified atom stereocenters. The van der Waals surface area contributed by atoms with E-state index < -0.39 is 0 Å². The Balaban J connectivity index is 1.59. The summed E-state index contributed by atoms with van der Waals surface area (Å²) in [4.78, 5) is 24.3. The number of rotatable bonds is 6. The van der Waals surface area contributed by atoms with Gasteiger partial charge >= 0.3 is 0 Å². The minimum absolute atomic E-state index is 0.120. The van der Waals surface area contributed by atoms with Gasteiger partial charge in [-0.3, -0.25) is 0 Å². The van der Waals surface area contributed by atoms with Crippen LogP contribution in [0.15, 0.2) is 36.9 Å². The predicted molar refractivity (Wildman–Crippen MR) is 116 cm³/mol. The molecule has 31 heavy (non-hydrogen) atoms. The fraction of sp³-hybridized carbons (Fsp3) is 0.381. The van der Waals surface area contributed by atoms with Crippen LogP contribution >= 0.6 is 0 Å². The van der Waals surface area contributed by atoms with E-state index in [4.69, 9.17) is 14.2 Å². The Morgan fingerprint density at radius 2 is 1.74 bits per heavy atom. The van der Waals surface area contributed by atoms with E-state index in [0.29, 0.717) is 34.9 Å². The van der Waals surface area contributed by atoms with Gasteiger partial charge in [-0.05, 0) is 26.0 Å². The number of hydrogen-bond donors (Lipinski definition) is 1. The summed E-state index contributed by atoms with van der Waals surface area (Å²) < 4.78 is 16.3. The molecule has 1 aliphatic rings. The molecule has 0 spiro atoms. The molecule has 3 aromatic heterocycles. The smallest absolute Gasteiger partial charge is 0.237 e. The van der Waals surface area contributed by atoms with Crippen LogP contribution in [-0.4, -0.2) is 64.4 Å². The first-order chi connectivity index (χ1) is 15.1. The lowest BCUT2D eigenvalue weighted by atomic mass is 10.2. The number of hydrogen-bond acceptors (Lipinski definition) is 10. The van der Waals surface area contributed by atoms with Crippen LogP contribution in [0.3, 0.4) is 0 Å². The molecule has 1 aliphatic heterocycles. The molecule has 4 heterocycles. The molecule has 3 aromatic rings. The second kappa shape index (κ2) is 9.09. The third-order valence-electron chi connectivity index (χ3n) is 4.77. The highest BCUT2D eigenvalue weighted by atomic mass is 16.5. The number of morpholine rings is 1. The van der Waals surface area contributed by atoms with Crippen LogP contribution in [-0.2, 0) is 4.74 Å². The highest BCUT2D eigenvalue weighted by Crippen LogP contribution is 2.29. The summed E-state index contributed by atoms with van der Waals surface area (Å²) in [5, 5.41) is 3.28. The summed E-state index contributed by atoms with van der Waals surface area (Å²) in [6.07, 6.45) is 6.85. The maximum Gasteiger partial charge on any atom is 0.237 e. The third-order valence-corrected chi connectivity index (χ3v) is 4.77. The van der Waals surface area contributed by atoms with Crippen LogP contribution in [0, 0.1) is 0 Å². The lowest BCUT2D eigenvalue weighted by Crippen LogP contribution is -2.46. The van der Waals surface area contributed by atoms with Gasteiger partial charge in [-0.25, -0.2) is 19.9 Å². The standard InChI is InChI=1S/C21H25N7O3/c1-13-11-28(12-14(2)31-13)21-22-6-5-18(27-21)26-17-7-15(8-25-20(17)30-4)19-23-9-16(29-3)10-24-19/h5-10,13-14H,11-12H2,1-4H3,(H,22,26,27)/t13-,14+. The van der Waals surface area contributed by atoms with Gasteiger partial charge in [-0.1, -0.05) is 0 Å². The third kappa shape index (κ3) is 4.80. The van der Waals surface area contributed by atoms with Crippen LogP contribution in [0.1, 0.15) is 13.8 Å². The van der Waals surface area contributed by atoms with E-state index in [1.54, 1.807) is 45.1 Å². The second-order valence-corrected chi connectivity index (χ2v) is 7.26. The molecule has 162 valence electrons. The van der Waals surface area contributed by atoms with Crippen molar-refractivity contribution in [2.75, 3.05) is 37.5 Å². The van der Waals surface area contributed by atoms with Gasteiger partial charge in [0.2, 0.25) is 11.8 Å². The molecule has 10 heteroatoms. The molecule has 0 aromatic carbocycles. The Morgan fingerprint density at radius 1 is 1.00 bits per heavy atom. The van der Waals surface area contributed by atoms with E-state index >= 15 is 0 Å². The fourth-order valence-electron chi connectivity index (χ4n) is 3.45. The van der Waals surface area contributed by atoms with Crippen LogP contribution in [0.5, 0.6) is 11.6 Å². The predicted octanol–water partition coefficient (Wildman–Crippen LogP) is 2.70. The van der Waals surface area contributed by atoms with E-state index in [9.17, 15) is 0 Å².